The molecular weight excluding hydrogens is 345 g/mol. The fourth-order valence-electron chi connectivity index (χ4n) is 2.93. The van der Waals surface area contributed by atoms with Crippen LogP contribution in [0.4, 0.5) is 13.2 Å². The molecule has 0 radical (unpaired) electrons. The summed E-state index contributed by atoms with van der Waals surface area (Å²) in [5.74, 6) is -0.848. The van der Waals surface area contributed by atoms with Crippen LogP contribution in [0.5, 0.6) is 5.75 Å². The Morgan fingerprint density at radius 1 is 1.23 bits per heavy atom. The Balaban J connectivity index is 1.75. The molecule has 1 saturated heterocycles. The van der Waals surface area contributed by atoms with Gasteiger partial charge in [-0.1, -0.05) is 19.9 Å². The first-order valence-electron chi connectivity index (χ1n) is 8.45. The smallest absolute Gasteiger partial charge is 0.387 e. The zero-order valence-electron chi connectivity index (χ0n) is 14.7. The average Bonchev–Trinajstić information content (AvgIpc) is 3.05. The van der Waals surface area contributed by atoms with Gasteiger partial charge in [0.1, 0.15) is 0 Å². The first kappa shape index (κ1) is 18.7. The lowest BCUT2D eigenvalue weighted by Gasteiger charge is -2.15. The van der Waals surface area contributed by atoms with Crippen molar-refractivity contribution in [3.05, 3.63) is 48.0 Å². The van der Waals surface area contributed by atoms with Crippen LogP contribution in [0.1, 0.15) is 19.4 Å². The Kier molecular flexibility index (Phi) is 5.78. The number of benzene rings is 1. The molecule has 1 aliphatic heterocycles. The van der Waals surface area contributed by atoms with Gasteiger partial charge < -0.3 is 9.47 Å². The molecule has 4 nitrogen and oxygen atoms in total. The number of ether oxygens (including phenoxy) is 2. The van der Waals surface area contributed by atoms with E-state index in [4.69, 9.17) is 4.74 Å². The van der Waals surface area contributed by atoms with Crippen LogP contribution in [-0.2, 0) is 11.3 Å². The van der Waals surface area contributed by atoms with Crippen LogP contribution >= 0.6 is 0 Å². The molecule has 140 valence electrons. The molecule has 3 rings (SSSR count). The highest BCUT2D eigenvalue weighted by Gasteiger charge is 2.25. The minimum atomic E-state index is -3.08. The van der Waals surface area contributed by atoms with E-state index >= 15 is 0 Å². The molecule has 0 unspecified atom stereocenters. The highest BCUT2D eigenvalue weighted by molar-refractivity contribution is 5.65. The Bertz CT molecular complexity index is 755. The van der Waals surface area contributed by atoms with Crippen molar-refractivity contribution < 1.29 is 22.6 Å². The highest BCUT2D eigenvalue weighted by Crippen LogP contribution is 2.28. The summed E-state index contributed by atoms with van der Waals surface area (Å²) in [6, 6.07) is 5.80. The molecule has 0 amide bonds. The van der Waals surface area contributed by atoms with E-state index in [-0.39, 0.29) is 6.10 Å². The van der Waals surface area contributed by atoms with E-state index in [2.05, 4.69) is 28.5 Å². The second-order valence-corrected chi connectivity index (χ2v) is 6.70. The number of pyridine rings is 1. The van der Waals surface area contributed by atoms with Crippen LogP contribution in [0.2, 0.25) is 0 Å². The Morgan fingerprint density at radius 2 is 2.04 bits per heavy atom. The minimum Gasteiger partial charge on any atom is -0.432 e. The monoisotopic (exact) mass is 366 g/mol. The first-order valence-corrected chi connectivity index (χ1v) is 8.45. The Labute approximate surface area is 150 Å². The van der Waals surface area contributed by atoms with E-state index in [1.807, 2.05) is 6.07 Å². The molecule has 26 heavy (non-hydrogen) atoms. The fourth-order valence-corrected chi connectivity index (χ4v) is 2.93. The predicted molar refractivity (Wildman–Crippen MR) is 91.3 cm³/mol. The molecule has 0 N–H and O–H groups in total. The van der Waals surface area contributed by atoms with Crippen molar-refractivity contribution in [1.82, 2.24) is 9.88 Å². The van der Waals surface area contributed by atoms with Crippen molar-refractivity contribution in [1.29, 1.82) is 0 Å². The molecule has 0 saturated carbocycles. The number of rotatable bonds is 6. The highest BCUT2D eigenvalue weighted by atomic mass is 19.3. The Hall–Kier alpha value is -2.12. The maximum absolute atomic E-state index is 13.6. The van der Waals surface area contributed by atoms with Gasteiger partial charge >= 0.3 is 6.61 Å². The van der Waals surface area contributed by atoms with Crippen molar-refractivity contribution in [3.8, 4) is 16.9 Å². The quantitative estimate of drug-likeness (QED) is 0.763. The van der Waals surface area contributed by atoms with E-state index in [0.29, 0.717) is 30.3 Å². The van der Waals surface area contributed by atoms with Gasteiger partial charge in [0.25, 0.3) is 0 Å². The van der Waals surface area contributed by atoms with Crippen molar-refractivity contribution in [2.75, 3.05) is 13.3 Å². The van der Waals surface area contributed by atoms with E-state index in [0.717, 1.165) is 18.2 Å². The topological polar surface area (TPSA) is 34.6 Å². The third-order valence-electron chi connectivity index (χ3n) is 4.33. The zero-order chi connectivity index (χ0) is 18.7. The molecule has 1 aliphatic rings. The number of hydrogen-bond acceptors (Lipinski definition) is 4. The lowest BCUT2D eigenvalue weighted by molar-refractivity contribution is -0.0521. The molecule has 0 bridgehead atoms. The Morgan fingerprint density at radius 3 is 2.73 bits per heavy atom. The molecule has 7 heteroatoms. The van der Waals surface area contributed by atoms with E-state index in [1.165, 1.54) is 12.1 Å². The minimum absolute atomic E-state index is 0.220. The van der Waals surface area contributed by atoms with E-state index in [1.54, 1.807) is 12.4 Å². The maximum atomic E-state index is 13.6. The van der Waals surface area contributed by atoms with Gasteiger partial charge in [0.2, 0.25) is 0 Å². The summed E-state index contributed by atoms with van der Waals surface area (Å²) in [5, 5.41) is 0. The van der Waals surface area contributed by atoms with Gasteiger partial charge in [0.05, 0.1) is 12.8 Å². The van der Waals surface area contributed by atoms with Gasteiger partial charge in [-0.15, -0.1) is 0 Å². The van der Waals surface area contributed by atoms with Crippen LogP contribution in [0, 0.1) is 11.7 Å². The van der Waals surface area contributed by atoms with Crippen LogP contribution in [0.25, 0.3) is 11.1 Å². The van der Waals surface area contributed by atoms with Gasteiger partial charge in [-0.05, 0) is 35.2 Å². The zero-order valence-corrected chi connectivity index (χ0v) is 14.7. The maximum Gasteiger partial charge on any atom is 0.387 e. The van der Waals surface area contributed by atoms with Gasteiger partial charge in [-0.3, -0.25) is 9.88 Å². The normalized spacial score (nSPS) is 18.0. The van der Waals surface area contributed by atoms with Crippen LogP contribution in [-0.4, -0.2) is 35.9 Å². The summed E-state index contributed by atoms with van der Waals surface area (Å²) in [4.78, 5) is 6.40. The molecule has 1 aromatic carbocycles. The molecule has 2 heterocycles. The SMILES string of the molecule is CC(C)[C@@H]1CN(Cc2cncc(-c3ccc(F)c(OC(F)F)c3)c2)CO1. The van der Waals surface area contributed by atoms with Crippen molar-refractivity contribution in [2.45, 2.75) is 33.1 Å². The van der Waals surface area contributed by atoms with Gasteiger partial charge in [0.15, 0.2) is 11.6 Å². The molecule has 0 aliphatic carbocycles. The standard InChI is InChI=1S/C19H21F3N2O2/c1-12(2)18-10-24(11-25-18)9-13-5-15(8-23-7-13)14-3-4-16(20)17(6-14)26-19(21)22/h3-8,12,18-19H,9-11H2,1-2H3/t18-/m0/s1. The van der Waals surface area contributed by atoms with Crippen molar-refractivity contribution in [2.24, 2.45) is 5.92 Å². The number of aromatic nitrogens is 1. The van der Waals surface area contributed by atoms with Gasteiger partial charge in [-0.25, -0.2) is 4.39 Å². The summed E-state index contributed by atoms with van der Waals surface area (Å²) in [6.07, 6.45) is 3.59. The van der Waals surface area contributed by atoms with Crippen molar-refractivity contribution in [3.63, 3.8) is 0 Å². The average molecular weight is 366 g/mol. The van der Waals surface area contributed by atoms with Gasteiger partial charge in [0, 0.05) is 31.0 Å². The fraction of sp³-hybridized carbons (Fsp3) is 0.421. The van der Waals surface area contributed by atoms with Crippen molar-refractivity contribution >= 4 is 0 Å². The molecule has 1 atom stereocenters. The third kappa shape index (κ3) is 4.53. The number of nitrogens with zero attached hydrogens (tertiary/aromatic N) is 2. The second kappa shape index (κ2) is 8.05. The van der Waals surface area contributed by atoms with E-state index < -0.39 is 18.2 Å². The number of alkyl halides is 2. The van der Waals surface area contributed by atoms with Crippen LogP contribution in [0.15, 0.2) is 36.7 Å². The molecule has 0 spiro atoms. The van der Waals surface area contributed by atoms with E-state index in [9.17, 15) is 13.2 Å². The molecular formula is C19H21F3N2O2. The molecule has 2 aromatic rings. The predicted octanol–water partition coefficient (Wildman–Crippen LogP) is 4.30. The second-order valence-electron chi connectivity index (χ2n) is 6.70. The summed E-state index contributed by atoms with van der Waals surface area (Å²) >= 11 is 0. The summed E-state index contributed by atoms with van der Waals surface area (Å²) in [6.45, 7) is 3.27. The lowest BCUT2D eigenvalue weighted by atomic mass is 10.0. The lowest BCUT2D eigenvalue weighted by Crippen LogP contribution is -2.24. The van der Waals surface area contributed by atoms with Gasteiger partial charge in [-0.2, -0.15) is 8.78 Å². The summed E-state index contributed by atoms with van der Waals surface area (Å²) in [5.41, 5.74) is 2.24. The largest absolute Gasteiger partial charge is 0.432 e. The molecule has 1 aromatic heterocycles. The number of hydrogen-bond donors (Lipinski definition) is 0. The number of halogens is 3. The summed E-state index contributed by atoms with van der Waals surface area (Å²) in [7, 11) is 0. The van der Waals surface area contributed by atoms with Crippen LogP contribution < -0.4 is 4.74 Å². The molecule has 1 fully saturated rings. The summed E-state index contributed by atoms with van der Waals surface area (Å²) < 4.78 is 48.4. The first-order chi connectivity index (χ1) is 12.4. The third-order valence-corrected chi connectivity index (χ3v) is 4.33. The van der Waals surface area contributed by atoms with Crippen LogP contribution in [0.3, 0.4) is 0 Å².